The molecular formula is C13H11N3. The van der Waals surface area contributed by atoms with Gasteiger partial charge < -0.3 is 4.98 Å². The van der Waals surface area contributed by atoms with Crippen LogP contribution in [-0.4, -0.2) is 15.0 Å². The molecule has 0 aliphatic rings. The van der Waals surface area contributed by atoms with Crippen LogP contribution in [0.3, 0.4) is 0 Å². The first-order valence-electron chi connectivity index (χ1n) is 5.19. The largest absolute Gasteiger partial charge is 0.360 e. The van der Waals surface area contributed by atoms with Gasteiger partial charge in [-0.2, -0.15) is 0 Å². The summed E-state index contributed by atoms with van der Waals surface area (Å²) in [4.78, 5) is 11.5. The predicted molar refractivity (Wildman–Crippen MR) is 64.1 cm³/mol. The van der Waals surface area contributed by atoms with Crippen molar-refractivity contribution in [1.82, 2.24) is 15.0 Å². The Hall–Kier alpha value is -2.16. The van der Waals surface area contributed by atoms with Crippen LogP contribution < -0.4 is 0 Å². The molecule has 3 heteroatoms. The van der Waals surface area contributed by atoms with Crippen molar-refractivity contribution in [3.8, 4) is 11.3 Å². The zero-order valence-electron chi connectivity index (χ0n) is 8.94. The zero-order chi connectivity index (χ0) is 11.0. The zero-order valence-corrected chi connectivity index (χ0v) is 8.94. The summed E-state index contributed by atoms with van der Waals surface area (Å²) in [5.74, 6) is 0. The number of aromatic nitrogens is 3. The second kappa shape index (κ2) is 3.45. The van der Waals surface area contributed by atoms with Gasteiger partial charge >= 0.3 is 0 Å². The molecule has 16 heavy (non-hydrogen) atoms. The van der Waals surface area contributed by atoms with Crippen LogP contribution in [0, 0.1) is 6.92 Å². The lowest BCUT2D eigenvalue weighted by Gasteiger charge is -1.98. The van der Waals surface area contributed by atoms with E-state index in [2.05, 4.69) is 40.1 Å². The van der Waals surface area contributed by atoms with Crippen LogP contribution in [0.1, 0.15) is 5.56 Å². The van der Waals surface area contributed by atoms with Gasteiger partial charge in [-0.15, -0.1) is 0 Å². The van der Waals surface area contributed by atoms with E-state index >= 15 is 0 Å². The summed E-state index contributed by atoms with van der Waals surface area (Å²) in [6, 6.07) is 8.28. The number of benzene rings is 1. The maximum Gasteiger partial charge on any atom is 0.116 e. The standard InChI is InChI=1S/C13H11N3/c1-9-2-3-12-10(6-9)11(7-15-12)13-4-5-14-8-16-13/h2-8,15H,1H3. The highest BCUT2D eigenvalue weighted by Gasteiger charge is 2.06. The Balaban J connectivity index is 2.29. The Labute approximate surface area is 93.2 Å². The first-order chi connectivity index (χ1) is 7.84. The molecule has 0 atom stereocenters. The minimum atomic E-state index is 0.951. The van der Waals surface area contributed by atoms with Crippen molar-refractivity contribution in [3.05, 3.63) is 48.5 Å². The maximum absolute atomic E-state index is 4.27. The van der Waals surface area contributed by atoms with E-state index in [0.29, 0.717) is 0 Å². The fourth-order valence-electron chi connectivity index (χ4n) is 1.90. The summed E-state index contributed by atoms with van der Waals surface area (Å²) in [5, 5.41) is 1.21. The molecule has 1 N–H and O–H groups in total. The highest BCUT2D eigenvalue weighted by molar-refractivity contribution is 5.94. The number of hydrogen-bond donors (Lipinski definition) is 1. The van der Waals surface area contributed by atoms with Crippen molar-refractivity contribution >= 4 is 10.9 Å². The minimum absolute atomic E-state index is 0.951. The molecule has 3 aromatic rings. The Morgan fingerprint density at radius 1 is 1.19 bits per heavy atom. The normalized spacial score (nSPS) is 10.8. The number of aromatic amines is 1. The summed E-state index contributed by atoms with van der Waals surface area (Å²) in [6.07, 6.45) is 5.33. The molecule has 0 radical (unpaired) electrons. The SMILES string of the molecule is Cc1ccc2[nH]cc(-c3ccncn3)c2c1. The van der Waals surface area contributed by atoms with Crippen LogP contribution >= 0.6 is 0 Å². The Morgan fingerprint density at radius 2 is 2.12 bits per heavy atom. The number of H-pyrrole nitrogens is 1. The average Bonchev–Trinajstić information content (AvgIpc) is 2.73. The molecule has 0 aliphatic heterocycles. The van der Waals surface area contributed by atoms with E-state index in [1.165, 1.54) is 10.9 Å². The van der Waals surface area contributed by atoms with Gasteiger partial charge in [-0.3, -0.25) is 0 Å². The Bertz CT molecular complexity index is 626. The molecule has 78 valence electrons. The summed E-state index contributed by atoms with van der Waals surface area (Å²) in [6.45, 7) is 2.09. The summed E-state index contributed by atoms with van der Waals surface area (Å²) < 4.78 is 0. The highest BCUT2D eigenvalue weighted by Crippen LogP contribution is 2.27. The van der Waals surface area contributed by atoms with E-state index in [-0.39, 0.29) is 0 Å². The van der Waals surface area contributed by atoms with Crippen molar-refractivity contribution in [1.29, 1.82) is 0 Å². The molecular weight excluding hydrogens is 198 g/mol. The Kier molecular flexibility index (Phi) is 1.96. The quantitative estimate of drug-likeness (QED) is 0.669. The number of fused-ring (bicyclic) bond motifs is 1. The van der Waals surface area contributed by atoms with Gasteiger partial charge in [0, 0.05) is 28.9 Å². The molecule has 2 heterocycles. The lowest BCUT2D eigenvalue weighted by molar-refractivity contribution is 1.17. The number of hydrogen-bond acceptors (Lipinski definition) is 2. The molecule has 0 saturated carbocycles. The minimum Gasteiger partial charge on any atom is -0.360 e. The molecule has 0 bridgehead atoms. The number of nitrogens with zero attached hydrogens (tertiary/aromatic N) is 2. The molecule has 0 spiro atoms. The van der Waals surface area contributed by atoms with Crippen LogP contribution in [0.25, 0.3) is 22.2 Å². The molecule has 0 amide bonds. The van der Waals surface area contributed by atoms with E-state index in [0.717, 1.165) is 16.8 Å². The summed E-state index contributed by atoms with van der Waals surface area (Å²) in [7, 11) is 0. The molecule has 0 aliphatic carbocycles. The van der Waals surface area contributed by atoms with Crippen molar-refractivity contribution in [2.24, 2.45) is 0 Å². The predicted octanol–water partition coefficient (Wildman–Crippen LogP) is 2.93. The molecule has 0 fully saturated rings. The smallest absolute Gasteiger partial charge is 0.116 e. The highest BCUT2D eigenvalue weighted by atomic mass is 14.8. The van der Waals surface area contributed by atoms with Crippen molar-refractivity contribution in [2.45, 2.75) is 6.92 Å². The van der Waals surface area contributed by atoms with Gasteiger partial charge in [0.15, 0.2) is 0 Å². The average molecular weight is 209 g/mol. The molecule has 0 saturated heterocycles. The monoisotopic (exact) mass is 209 g/mol. The number of aryl methyl sites for hydroxylation is 1. The molecule has 3 rings (SSSR count). The summed E-state index contributed by atoms with van der Waals surface area (Å²) >= 11 is 0. The fraction of sp³-hybridized carbons (Fsp3) is 0.0769. The van der Waals surface area contributed by atoms with E-state index in [4.69, 9.17) is 0 Å². The van der Waals surface area contributed by atoms with Gasteiger partial charge in [-0.25, -0.2) is 9.97 Å². The van der Waals surface area contributed by atoms with Gasteiger partial charge in [-0.05, 0) is 25.1 Å². The second-order valence-electron chi connectivity index (χ2n) is 3.85. The number of nitrogens with one attached hydrogen (secondary N) is 1. The molecule has 1 aromatic carbocycles. The van der Waals surface area contributed by atoms with Gasteiger partial charge in [-0.1, -0.05) is 11.6 Å². The Morgan fingerprint density at radius 3 is 2.94 bits per heavy atom. The second-order valence-corrected chi connectivity index (χ2v) is 3.85. The van der Waals surface area contributed by atoms with Gasteiger partial charge in [0.2, 0.25) is 0 Å². The maximum atomic E-state index is 4.27. The first-order valence-corrected chi connectivity index (χ1v) is 5.19. The van der Waals surface area contributed by atoms with Gasteiger partial charge in [0.1, 0.15) is 6.33 Å². The lowest BCUT2D eigenvalue weighted by Crippen LogP contribution is -1.82. The van der Waals surface area contributed by atoms with E-state index in [1.807, 2.05) is 12.3 Å². The van der Waals surface area contributed by atoms with E-state index in [1.54, 1.807) is 12.5 Å². The van der Waals surface area contributed by atoms with Crippen LogP contribution in [0.2, 0.25) is 0 Å². The fourth-order valence-corrected chi connectivity index (χ4v) is 1.90. The third-order valence-electron chi connectivity index (χ3n) is 2.70. The first kappa shape index (κ1) is 9.09. The number of rotatable bonds is 1. The van der Waals surface area contributed by atoms with E-state index in [9.17, 15) is 0 Å². The molecule has 3 nitrogen and oxygen atoms in total. The molecule has 2 aromatic heterocycles. The topological polar surface area (TPSA) is 41.6 Å². The van der Waals surface area contributed by atoms with Crippen LogP contribution in [0.5, 0.6) is 0 Å². The van der Waals surface area contributed by atoms with Crippen molar-refractivity contribution < 1.29 is 0 Å². The van der Waals surface area contributed by atoms with Gasteiger partial charge in [0.05, 0.1) is 5.69 Å². The van der Waals surface area contributed by atoms with Crippen LogP contribution in [0.15, 0.2) is 43.0 Å². The van der Waals surface area contributed by atoms with Crippen molar-refractivity contribution in [3.63, 3.8) is 0 Å². The van der Waals surface area contributed by atoms with Crippen molar-refractivity contribution in [2.75, 3.05) is 0 Å². The summed E-state index contributed by atoms with van der Waals surface area (Å²) in [5.41, 5.74) is 4.47. The lowest BCUT2D eigenvalue weighted by atomic mass is 10.1. The van der Waals surface area contributed by atoms with Crippen LogP contribution in [0.4, 0.5) is 0 Å². The third kappa shape index (κ3) is 1.37. The van der Waals surface area contributed by atoms with Gasteiger partial charge in [0.25, 0.3) is 0 Å². The third-order valence-corrected chi connectivity index (χ3v) is 2.70. The van der Waals surface area contributed by atoms with E-state index < -0.39 is 0 Å². The molecule has 0 unspecified atom stereocenters. The van der Waals surface area contributed by atoms with Crippen LogP contribution in [-0.2, 0) is 0 Å².